The lowest BCUT2D eigenvalue weighted by atomic mass is 10.2. The summed E-state index contributed by atoms with van der Waals surface area (Å²) >= 11 is 0. The summed E-state index contributed by atoms with van der Waals surface area (Å²) in [5, 5.41) is 3.07. The Morgan fingerprint density at radius 2 is 1.91 bits per heavy atom. The number of anilines is 1. The molecule has 1 aliphatic carbocycles. The quantitative estimate of drug-likeness (QED) is 0.845. The number of ether oxygens (including phenoxy) is 2. The topological polar surface area (TPSA) is 76.8 Å². The van der Waals surface area contributed by atoms with Crippen LogP contribution in [0, 0.1) is 0 Å². The third kappa shape index (κ3) is 2.97. The van der Waals surface area contributed by atoms with Crippen molar-refractivity contribution >= 4 is 11.6 Å². The van der Waals surface area contributed by atoms with Crippen LogP contribution in [0.4, 0.5) is 5.69 Å². The molecule has 3 rings (SSSR count). The van der Waals surface area contributed by atoms with Crippen molar-refractivity contribution in [3.05, 3.63) is 18.2 Å². The number of rotatable bonds is 5. The summed E-state index contributed by atoms with van der Waals surface area (Å²) in [6, 6.07) is 5.96. The Hall–Kier alpha value is -1.95. The minimum atomic E-state index is -0.605. The Kier molecular flexibility index (Phi) is 3.87. The van der Waals surface area contributed by atoms with Crippen molar-refractivity contribution in [3.8, 4) is 11.5 Å². The number of nitrogens with one attached hydrogen (secondary N) is 1. The van der Waals surface area contributed by atoms with E-state index in [0.29, 0.717) is 0 Å². The molecule has 120 valence electrons. The summed E-state index contributed by atoms with van der Waals surface area (Å²) < 4.78 is 10.6. The monoisotopic (exact) mass is 305 g/mol. The summed E-state index contributed by atoms with van der Waals surface area (Å²) in [4.78, 5) is 14.3. The van der Waals surface area contributed by atoms with Crippen LogP contribution in [0.15, 0.2) is 18.2 Å². The molecule has 1 aromatic carbocycles. The predicted molar refractivity (Wildman–Crippen MR) is 84.5 cm³/mol. The first-order chi connectivity index (χ1) is 10.5. The van der Waals surface area contributed by atoms with Crippen molar-refractivity contribution in [3.63, 3.8) is 0 Å². The Bertz CT molecular complexity index is 550. The maximum Gasteiger partial charge on any atom is 0.240 e. The van der Waals surface area contributed by atoms with E-state index in [0.717, 1.165) is 49.5 Å². The fourth-order valence-corrected chi connectivity index (χ4v) is 2.78. The number of hydrogen-bond donors (Lipinski definition) is 2. The van der Waals surface area contributed by atoms with E-state index in [1.54, 1.807) is 14.2 Å². The second-order valence-corrected chi connectivity index (χ2v) is 6.13. The number of carbonyl (C=O) groups excluding carboxylic acids is 1. The van der Waals surface area contributed by atoms with Gasteiger partial charge in [0.25, 0.3) is 0 Å². The highest BCUT2D eigenvalue weighted by molar-refractivity contribution is 5.89. The molecule has 22 heavy (non-hydrogen) atoms. The van der Waals surface area contributed by atoms with Crippen LogP contribution >= 0.6 is 0 Å². The smallest absolute Gasteiger partial charge is 0.240 e. The Labute approximate surface area is 130 Å². The van der Waals surface area contributed by atoms with Crippen molar-refractivity contribution in [2.24, 2.45) is 5.73 Å². The number of methoxy groups -OCH3 is 2. The van der Waals surface area contributed by atoms with Crippen molar-refractivity contribution in [2.75, 3.05) is 32.2 Å². The van der Waals surface area contributed by atoms with Crippen LogP contribution < -0.4 is 25.4 Å². The molecular formula is C16H23N3O3. The van der Waals surface area contributed by atoms with Gasteiger partial charge in [-0.25, -0.2) is 0 Å². The van der Waals surface area contributed by atoms with Gasteiger partial charge < -0.3 is 25.4 Å². The Morgan fingerprint density at radius 1 is 1.27 bits per heavy atom. The second kappa shape index (κ2) is 5.68. The molecule has 6 nitrogen and oxygen atoms in total. The van der Waals surface area contributed by atoms with Crippen molar-refractivity contribution in [1.82, 2.24) is 5.32 Å². The maximum absolute atomic E-state index is 12.0. The van der Waals surface area contributed by atoms with E-state index < -0.39 is 5.54 Å². The molecule has 3 N–H and O–H groups in total. The van der Waals surface area contributed by atoms with Crippen molar-refractivity contribution in [2.45, 2.75) is 30.8 Å². The highest BCUT2D eigenvalue weighted by atomic mass is 16.5. The zero-order valence-electron chi connectivity index (χ0n) is 13.1. The first-order valence-corrected chi connectivity index (χ1v) is 7.62. The molecule has 1 heterocycles. The van der Waals surface area contributed by atoms with Crippen LogP contribution in [0.1, 0.15) is 19.3 Å². The molecule has 1 atom stereocenters. The fraction of sp³-hybridized carbons (Fsp3) is 0.562. The Morgan fingerprint density at radius 3 is 2.45 bits per heavy atom. The van der Waals surface area contributed by atoms with E-state index >= 15 is 0 Å². The van der Waals surface area contributed by atoms with Crippen LogP contribution in [0.2, 0.25) is 0 Å². The lowest BCUT2D eigenvalue weighted by molar-refractivity contribution is -0.123. The first kappa shape index (κ1) is 15.0. The summed E-state index contributed by atoms with van der Waals surface area (Å²) in [7, 11) is 3.28. The van der Waals surface area contributed by atoms with Gasteiger partial charge in [0.1, 0.15) is 11.5 Å². The van der Waals surface area contributed by atoms with Gasteiger partial charge in [-0.1, -0.05) is 0 Å². The fourth-order valence-electron chi connectivity index (χ4n) is 2.78. The molecule has 1 unspecified atom stereocenters. The van der Waals surface area contributed by atoms with Gasteiger partial charge in [-0.2, -0.15) is 0 Å². The normalized spacial score (nSPS) is 22.3. The van der Waals surface area contributed by atoms with E-state index in [2.05, 4.69) is 10.2 Å². The standard InChI is InChI=1S/C16H23N3O3/c1-21-13-7-12(8-14(9-13)22-2)19-6-3-11(10-19)18-15(20)16(17)4-5-16/h7-9,11H,3-6,10,17H2,1-2H3,(H,18,20). The first-order valence-electron chi connectivity index (χ1n) is 7.62. The molecular weight excluding hydrogens is 282 g/mol. The predicted octanol–water partition coefficient (Wildman–Crippen LogP) is 0.890. The molecule has 0 spiro atoms. The van der Waals surface area contributed by atoms with Gasteiger partial charge in [-0.05, 0) is 19.3 Å². The highest BCUT2D eigenvalue weighted by Gasteiger charge is 2.46. The minimum absolute atomic E-state index is 0.0115. The van der Waals surface area contributed by atoms with Crippen LogP contribution in [0.3, 0.4) is 0 Å². The van der Waals surface area contributed by atoms with Gasteiger partial charge in [0, 0.05) is 43.0 Å². The highest BCUT2D eigenvalue weighted by Crippen LogP contribution is 2.33. The third-order valence-corrected chi connectivity index (χ3v) is 4.47. The molecule has 1 aliphatic heterocycles. The number of nitrogens with zero attached hydrogens (tertiary/aromatic N) is 1. The summed E-state index contributed by atoms with van der Waals surface area (Å²) in [5.74, 6) is 1.52. The number of hydrogen-bond acceptors (Lipinski definition) is 5. The SMILES string of the molecule is COc1cc(OC)cc(N2CCC(NC(=O)C3(N)CC3)C2)c1. The van der Waals surface area contributed by atoms with Gasteiger partial charge in [-0.3, -0.25) is 4.79 Å². The van der Waals surface area contributed by atoms with Crippen LogP contribution in [-0.4, -0.2) is 44.8 Å². The van der Waals surface area contributed by atoms with Gasteiger partial charge in [0.15, 0.2) is 0 Å². The summed E-state index contributed by atoms with van der Waals surface area (Å²) in [6.45, 7) is 1.66. The number of carbonyl (C=O) groups is 1. The number of nitrogens with two attached hydrogens (primary N) is 1. The van der Waals surface area contributed by atoms with Crippen molar-refractivity contribution in [1.29, 1.82) is 0 Å². The van der Waals surface area contributed by atoms with Gasteiger partial charge in [-0.15, -0.1) is 0 Å². The van der Waals surface area contributed by atoms with Crippen LogP contribution in [0.5, 0.6) is 11.5 Å². The van der Waals surface area contributed by atoms with Crippen molar-refractivity contribution < 1.29 is 14.3 Å². The number of benzene rings is 1. The molecule has 1 aromatic rings. The lowest BCUT2D eigenvalue weighted by Gasteiger charge is -2.21. The van der Waals surface area contributed by atoms with Gasteiger partial charge >= 0.3 is 0 Å². The molecule has 1 saturated heterocycles. The zero-order chi connectivity index (χ0) is 15.7. The van der Waals surface area contributed by atoms with E-state index in [9.17, 15) is 4.79 Å². The van der Waals surface area contributed by atoms with Gasteiger partial charge in [0.05, 0.1) is 19.8 Å². The van der Waals surface area contributed by atoms with E-state index in [4.69, 9.17) is 15.2 Å². The van der Waals surface area contributed by atoms with Crippen LogP contribution in [-0.2, 0) is 4.79 Å². The Balaban J connectivity index is 1.66. The maximum atomic E-state index is 12.0. The largest absolute Gasteiger partial charge is 0.497 e. The molecule has 0 radical (unpaired) electrons. The number of amides is 1. The minimum Gasteiger partial charge on any atom is -0.497 e. The summed E-state index contributed by atoms with van der Waals surface area (Å²) in [5.41, 5.74) is 6.37. The second-order valence-electron chi connectivity index (χ2n) is 6.13. The average molecular weight is 305 g/mol. The molecule has 0 aromatic heterocycles. The molecule has 2 fully saturated rings. The third-order valence-electron chi connectivity index (χ3n) is 4.47. The molecule has 1 amide bonds. The van der Waals surface area contributed by atoms with E-state index in [1.165, 1.54) is 0 Å². The molecule has 0 bridgehead atoms. The van der Waals surface area contributed by atoms with E-state index in [-0.39, 0.29) is 11.9 Å². The lowest BCUT2D eigenvalue weighted by Crippen LogP contribution is -2.47. The summed E-state index contributed by atoms with van der Waals surface area (Å²) in [6.07, 6.45) is 2.51. The average Bonchev–Trinajstić information content (AvgIpc) is 3.12. The van der Waals surface area contributed by atoms with Gasteiger partial charge in [0.2, 0.25) is 5.91 Å². The molecule has 1 saturated carbocycles. The van der Waals surface area contributed by atoms with E-state index in [1.807, 2.05) is 18.2 Å². The zero-order valence-corrected chi connectivity index (χ0v) is 13.1. The van der Waals surface area contributed by atoms with Crippen LogP contribution in [0.25, 0.3) is 0 Å². The molecule has 2 aliphatic rings. The molecule has 6 heteroatoms.